The summed E-state index contributed by atoms with van der Waals surface area (Å²) in [7, 11) is 0. The van der Waals surface area contributed by atoms with Gasteiger partial charge in [-0.2, -0.15) is 5.26 Å². The van der Waals surface area contributed by atoms with E-state index in [2.05, 4.69) is 68.2 Å². The summed E-state index contributed by atoms with van der Waals surface area (Å²) >= 11 is 0. The quantitative estimate of drug-likeness (QED) is 0.540. The summed E-state index contributed by atoms with van der Waals surface area (Å²) < 4.78 is 1.85. The Labute approximate surface area is 202 Å². The lowest BCUT2D eigenvalue weighted by molar-refractivity contribution is 0.0642. The molecular formula is C29H32N4O. The van der Waals surface area contributed by atoms with Crippen LogP contribution in [0.1, 0.15) is 48.0 Å². The number of benzene rings is 2. The average molecular weight is 453 g/mol. The minimum atomic E-state index is -0.0825. The molecule has 0 spiro atoms. The molecule has 34 heavy (non-hydrogen) atoms. The van der Waals surface area contributed by atoms with Crippen LogP contribution < -0.4 is 0 Å². The van der Waals surface area contributed by atoms with E-state index in [0.29, 0.717) is 24.3 Å². The normalized spacial score (nSPS) is 14.9. The zero-order valence-corrected chi connectivity index (χ0v) is 20.2. The number of rotatable bonds is 5. The van der Waals surface area contributed by atoms with E-state index < -0.39 is 0 Å². The molecule has 0 unspecified atom stereocenters. The summed E-state index contributed by atoms with van der Waals surface area (Å²) in [6, 6.07) is 22.4. The molecule has 1 saturated heterocycles. The predicted molar refractivity (Wildman–Crippen MR) is 137 cm³/mol. The van der Waals surface area contributed by atoms with Crippen molar-refractivity contribution in [2.45, 2.75) is 26.2 Å². The molecule has 0 atom stereocenters. The number of carbonyl (C=O) groups excluding carboxylic acids is 1. The SMILES string of the molecule is CC(C)(C)c1ccc(-n2ccc(C#N)c2C(=O)N2CCN(C/C=C/c3ccccc3)CC2)cc1. The predicted octanol–water partition coefficient (Wildman–Crippen LogP) is 5.12. The zero-order valence-electron chi connectivity index (χ0n) is 20.2. The van der Waals surface area contributed by atoms with Gasteiger partial charge in [-0.15, -0.1) is 0 Å². The van der Waals surface area contributed by atoms with Gasteiger partial charge in [-0.25, -0.2) is 0 Å². The van der Waals surface area contributed by atoms with E-state index >= 15 is 0 Å². The van der Waals surface area contributed by atoms with E-state index in [9.17, 15) is 10.1 Å². The molecule has 2 aromatic carbocycles. The van der Waals surface area contributed by atoms with Gasteiger partial charge in [0.1, 0.15) is 11.8 Å². The van der Waals surface area contributed by atoms with Gasteiger partial charge in [0.2, 0.25) is 0 Å². The maximum atomic E-state index is 13.5. The lowest BCUT2D eigenvalue weighted by Crippen LogP contribution is -2.49. The minimum Gasteiger partial charge on any atom is -0.335 e. The second kappa shape index (κ2) is 10.1. The Hall–Kier alpha value is -3.62. The highest BCUT2D eigenvalue weighted by Crippen LogP contribution is 2.25. The van der Waals surface area contributed by atoms with E-state index in [4.69, 9.17) is 0 Å². The van der Waals surface area contributed by atoms with Crippen LogP contribution in [0.3, 0.4) is 0 Å². The first-order valence-electron chi connectivity index (χ1n) is 11.8. The van der Waals surface area contributed by atoms with Crippen molar-refractivity contribution in [2.24, 2.45) is 0 Å². The Bertz CT molecular complexity index is 1190. The largest absolute Gasteiger partial charge is 0.335 e. The topological polar surface area (TPSA) is 52.3 Å². The molecule has 174 valence electrons. The molecule has 0 saturated carbocycles. The van der Waals surface area contributed by atoms with Crippen LogP contribution >= 0.6 is 0 Å². The summed E-state index contributed by atoms with van der Waals surface area (Å²) in [6.45, 7) is 10.3. The fraction of sp³-hybridized carbons (Fsp3) is 0.310. The summed E-state index contributed by atoms with van der Waals surface area (Å²) in [5.41, 5.74) is 4.23. The first-order valence-corrected chi connectivity index (χ1v) is 11.8. The number of aromatic nitrogens is 1. The Morgan fingerprint density at radius 2 is 1.65 bits per heavy atom. The summed E-state index contributed by atoms with van der Waals surface area (Å²) in [6.07, 6.45) is 6.13. The van der Waals surface area contributed by atoms with Gasteiger partial charge in [0.15, 0.2) is 0 Å². The molecular weight excluding hydrogens is 420 g/mol. The Morgan fingerprint density at radius 3 is 2.26 bits per heavy atom. The molecule has 5 nitrogen and oxygen atoms in total. The minimum absolute atomic E-state index is 0.0572. The van der Waals surface area contributed by atoms with Gasteiger partial charge in [0.05, 0.1) is 5.56 Å². The first kappa shape index (κ1) is 23.5. The molecule has 1 aliphatic heterocycles. The van der Waals surface area contributed by atoms with Gasteiger partial charge < -0.3 is 9.47 Å². The molecule has 4 rings (SSSR count). The number of hydrogen-bond acceptors (Lipinski definition) is 3. The van der Waals surface area contributed by atoms with Crippen molar-refractivity contribution in [1.29, 1.82) is 5.26 Å². The van der Waals surface area contributed by atoms with Crippen LogP contribution in [0.4, 0.5) is 0 Å². The molecule has 2 heterocycles. The number of piperazine rings is 1. The van der Waals surface area contributed by atoms with E-state index in [1.54, 1.807) is 6.07 Å². The molecule has 1 aliphatic rings. The van der Waals surface area contributed by atoms with E-state index in [1.807, 2.05) is 46.0 Å². The van der Waals surface area contributed by atoms with Crippen LogP contribution in [0, 0.1) is 11.3 Å². The van der Waals surface area contributed by atoms with Gasteiger partial charge in [-0.05, 0) is 34.7 Å². The lowest BCUT2D eigenvalue weighted by atomic mass is 9.87. The number of carbonyl (C=O) groups is 1. The first-order chi connectivity index (χ1) is 16.4. The van der Waals surface area contributed by atoms with Crippen LogP contribution in [0.15, 0.2) is 72.9 Å². The molecule has 1 amide bonds. The maximum Gasteiger partial charge on any atom is 0.272 e. The fourth-order valence-electron chi connectivity index (χ4n) is 4.26. The summed E-state index contributed by atoms with van der Waals surface area (Å²) in [4.78, 5) is 17.7. The molecule has 1 aromatic heterocycles. The standard InChI is InChI=1S/C29H32N4O/c1-29(2,3)25-11-13-26(14-12-25)33-17-15-24(22-30)27(33)28(34)32-20-18-31(19-21-32)16-7-10-23-8-5-4-6-9-23/h4-15,17H,16,18-21H2,1-3H3/b10-7+. The number of amides is 1. The van der Waals surface area contributed by atoms with Crippen molar-refractivity contribution in [3.05, 3.63) is 95.3 Å². The summed E-state index contributed by atoms with van der Waals surface area (Å²) in [5, 5.41) is 9.66. The van der Waals surface area contributed by atoms with Gasteiger partial charge in [-0.3, -0.25) is 9.69 Å². The van der Waals surface area contributed by atoms with Gasteiger partial charge in [-0.1, -0.05) is 75.4 Å². The van der Waals surface area contributed by atoms with Gasteiger partial charge in [0.25, 0.3) is 5.91 Å². The van der Waals surface area contributed by atoms with Crippen LogP contribution in [0.5, 0.6) is 0 Å². The molecule has 0 bridgehead atoms. The van der Waals surface area contributed by atoms with Crippen molar-refractivity contribution >= 4 is 12.0 Å². The highest BCUT2D eigenvalue weighted by molar-refractivity contribution is 5.96. The van der Waals surface area contributed by atoms with E-state index in [0.717, 1.165) is 25.3 Å². The average Bonchev–Trinajstić information content (AvgIpc) is 3.28. The van der Waals surface area contributed by atoms with Crippen molar-refractivity contribution in [1.82, 2.24) is 14.4 Å². The maximum absolute atomic E-state index is 13.5. The van der Waals surface area contributed by atoms with Crippen molar-refractivity contribution in [3.8, 4) is 11.8 Å². The van der Waals surface area contributed by atoms with Gasteiger partial charge in [0, 0.05) is 44.6 Å². The monoisotopic (exact) mass is 452 g/mol. The molecule has 5 heteroatoms. The van der Waals surface area contributed by atoms with E-state index in [1.165, 1.54) is 11.1 Å². The molecule has 0 N–H and O–H groups in total. The Morgan fingerprint density at radius 1 is 0.971 bits per heavy atom. The van der Waals surface area contributed by atoms with E-state index in [-0.39, 0.29) is 11.3 Å². The van der Waals surface area contributed by atoms with Crippen molar-refractivity contribution in [2.75, 3.05) is 32.7 Å². The molecule has 0 aliphatic carbocycles. The van der Waals surface area contributed by atoms with Crippen LogP contribution in [0.2, 0.25) is 0 Å². The van der Waals surface area contributed by atoms with Crippen LogP contribution in [-0.2, 0) is 5.41 Å². The van der Waals surface area contributed by atoms with Gasteiger partial charge >= 0.3 is 0 Å². The molecule has 0 radical (unpaired) electrons. The number of nitriles is 1. The lowest BCUT2D eigenvalue weighted by Gasteiger charge is -2.34. The molecule has 1 fully saturated rings. The number of hydrogen-bond donors (Lipinski definition) is 0. The molecule has 3 aromatic rings. The zero-order chi connectivity index (χ0) is 24.1. The third-order valence-corrected chi connectivity index (χ3v) is 6.35. The second-order valence-corrected chi connectivity index (χ2v) is 9.76. The Balaban J connectivity index is 1.44. The summed E-state index contributed by atoms with van der Waals surface area (Å²) in [5.74, 6) is -0.0825. The highest BCUT2D eigenvalue weighted by Gasteiger charge is 2.27. The highest BCUT2D eigenvalue weighted by atomic mass is 16.2. The smallest absolute Gasteiger partial charge is 0.272 e. The fourth-order valence-corrected chi connectivity index (χ4v) is 4.26. The third-order valence-electron chi connectivity index (χ3n) is 6.35. The van der Waals surface area contributed by atoms with Crippen LogP contribution in [0.25, 0.3) is 11.8 Å². The number of nitrogens with zero attached hydrogens (tertiary/aromatic N) is 4. The van der Waals surface area contributed by atoms with Crippen molar-refractivity contribution in [3.63, 3.8) is 0 Å². The van der Waals surface area contributed by atoms with Crippen molar-refractivity contribution < 1.29 is 4.79 Å². The third kappa shape index (κ3) is 5.30. The van der Waals surface area contributed by atoms with Crippen LogP contribution in [-0.4, -0.2) is 53.0 Å². The Kier molecular flexibility index (Phi) is 7.00. The second-order valence-electron chi connectivity index (χ2n) is 9.76.